The summed E-state index contributed by atoms with van der Waals surface area (Å²) in [5.41, 5.74) is -0.528. The zero-order valence-corrected chi connectivity index (χ0v) is 12.4. The number of carbonyl (C=O) groups excluding carboxylic acids is 2. The number of esters is 1. The average molecular weight is 272 g/mol. The molecule has 0 unspecified atom stereocenters. The molecule has 1 aliphatic rings. The van der Waals surface area contributed by atoms with E-state index >= 15 is 0 Å². The summed E-state index contributed by atoms with van der Waals surface area (Å²) >= 11 is 0. The summed E-state index contributed by atoms with van der Waals surface area (Å²) in [4.78, 5) is 27.3. The highest BCUT2D eigenvalue weighted by atomic mass is 16.6. The molecule has 19 heavy (non-hydrogen) atoms. The van der Waals surface area contributed by atoms with E-state index in [2.05, 4.69) is 0 Å². The van der Waals surface area contributed by atoms with E-state index < -0.39 is 11.6 Å². The predicted molar refractivity (Wildman–Crippen MR) is 70.9 cm³/mol. The molecule has 6 heteroatoms. The van der Waals surface area contributed by atoms with Crippen molar-refractivity contribution in [2.24, 2.45) is 0 Å². The lowest BCUT2D eigenvalue weighted by Gasteiger charge is -2.39. The quantitative estimate of drug-likeness (QED) is 0.705. The summed E-state index contributed by atoms with van der Waals surface area (Å²) < 4.78 is 10.1. The van der Waals surface area contributed by atoms with E-state index in [1.807, 2.05) is 32.6 Å². The number of amides is 1. The van der Waals surface area contributed by atoms with E-state index in [1.54, 1.807) is 4.90 Å². The van der Waals surface area contributed by atoms with Gasteiger partial charge in [-0.1, -0.05) is 6.92 Å². The average Bonchev–Trinajstić information content (AvgIpc) is 2.35. The van der Waals surface area contributed by atoms with Gasteiger partial charge in [0.2, 0.25) is 0 Å². The number of hydrogen-bond donors (Lipinski definition) is 0. The highest BCUT2D eigenvalue weighted by Crippen LogP contribution is 2.15. The molecule has 1 rings (SSSR count). The van der Waals surface area contributed by atoms with Crippen molar-refractivity contribution in [3.05, 3.63) is 0 Å². The normalized spacial score (nSPS) is 21.1. The van der Waals surface area contributed by atoms with Crippen LogP contribution in [0.3, 0.4) is 0 Å². The van der Waals surface area contributed by atoms with Gasteiger partial charge in [0.05, 0.1) is 13.7 Å². The van der Waals surface area contributed by atoms with Gasteiger partial charge >= 0.3 is 12.1 Å². The highest BCUT2D eigenvalue weighted by Gasteiger charge is 2.35. The third-order valence-electron chi connectivity index (χ3n) is 3.02. The fourth-order valence-corrected chi connectivity index (χ4v) is 2.05. The first-order valence-electron chi connectivity index (χ1n) is 6.58. The Labute approximate surface area is 114 Å². The maximum Gasteiger partial charge on any atom is 0.410 e. The number of likely N-dealkylation sites (N-methyl/N-ethyl adjacent to an activating group) is 1. The van der Waals surface area contributed by atoms with Crippen molar-refractivity contribution in [3.8, 4) is 0 Å². The molecule has 1 heterocycles. The van der Waals surface area contributed by atoms with E-state index in [1.165, 1.54) is 7.11 Å². The second kappa shape index (κ2) is 6.23. The minimum atomic E-state index is -0.528. The topological polar surface area (TPSA) is 59.1 Å². The summed E-state index contributed by atoms with van der Waals surface area (Å²) in [6.45, 7) is 9.74. The smallest absolute Gasteiger partial charge is 0.410 e. The molecular formula is C13H24N2O4. The van der Waals surface area contributed by atoms with Gasteiger partial charge in [-0.3, -0.25) is 9.69 Å². The summed E-state index contributed by atoms with van der Waals surface area (Å²) in [5.74, 6) is -0.310. The third kappa shape index (κ3) is 4.38. The molecule has 0 aromatic carbocycles. The third-order valence-corrected chi connectivity index (χ3v) is 3.02. The maximum absolute atomic E-state index is 12.0. The van der Waals surface area contributed by atoms with E-state index in [0.29, 0.717) is 19.6 Å². The van der Waals surface area contributed by atoms with Crippen LogP contribution in [0.2, 0.25) is 0 Å². The first kappa shape index (κ1) is 15.8. The van der Waals surface area contributed by atoms with Gasteiger partial charge in [-0.25, -0.2) is 4.79 Å². The van der Waals surface area contributed by atoms with Crippen molar-refractivity contribution >= 4 is 12.1 Å². The largest absolute Gasteiger partial charge is 0.468 e. The second-order valence-electron chi connectivity index (χ2n) is 5.59. The second-order valence-corrected chi connectivity index (χ2v) is 5.59. The van der Waals surface area contributed by atoms with Crippen LogP contribution >= 0.6 is 0 Å². The monoisotopic (exact) mass is 272 g/mol. The van der Waals surface area contributed by atoms with Crippen LogP contribution in [-0.4, -0.2) is 66.8 Å². The molecule has 0 aromatic rings. The van der Waals surface area contributed by atoms with Crippen molar-refractivity contribution in [2.75, 3.05) is 33.3 Å². The van der Waals surface area contributed by atoms with Gasteiger partial charge in [0.15, 0.2) is 0 Å². The first-order valence-corrected chi connectivity index (χ1v) is 6.58. The molecule has 1 amide bonds. The van der Waals surface area contributed by atoms with Crippen molar-refractivity contribution in [1.29, 1.82) is 0 Å². The van der Waals surface area contributed by atoms with E-state index in [0.717, 1.165) is 6.54 Å². The summed E-state index contributed by atoms with van der Waals surface area (Å²) in [6.07, 6.45) is -0.378. The molecule has 110 valence electrons. The fourth-order valence-electron chi connectivity index (χ4n) is 2.05. The van der Waals surface area contributed by atoms with Crippen molar-refractivity contribution < 1.29 is 19.1 Å². The van der Waals surface area contributed by atoms with E-state index in [-0.39, 0.29) is 12.1 Å². The van der Waals surface area contributed by atoms with Gasteiger partial charge in [0.1, 0.15) is 11.6 Å². The van der Waals surface area contributed by atoms with Gasteiger partial charge in [-0.05, 0) is 27.3 Å². The number of nitrogens with zero attached hydrogens (tertiary/aromatic N) is 2. The van der Waals surface area contributed by atoms with Crippen LogP contribution in [0.15, 0.2) is 0 Å². The molecule has 0 aliphatic carbocycles. The van der Waals surface area contributed by atoms with E-state index in [4.69, 9.17) is 9.47 Å². The van der Waals surface area contributed by atoms with Gasteiger partial charge in [0.25, 0.3) is 0 Å². The number of hydrogen-bond acceptors (Lipinski definition) is 5. The Bertz CT molecular complexity index is 338. The Hall–Kier alpha value is -1.30. The molecular weight excluding hydrogens is 248 g/mol. The molecule has 1 fully saturated rings. The minimum Gasteiger partial charge on any atom is -0.468 e. The molecule has 0 radical (unpaired) electrons. The minimum absolute atomic E-state index is 0.310. The molecule has 1 saturated heterocycles. The highest BCUT2D eigenvalue weighted by molar-refractivity contribution is 5.77. The Morgan fingerprint density at radius 1 is 1.26 bits per heavy atom. The molecule has 1 atom stereocenters. The molecule has 6 nitrogen and oxygen atoms in total. The lowest BCUT2D eigenvalue weighted by atomic mass is 10.1. The van der Waals surface area contributed by atoms with E-state index in [9.17, 15) is 9.59 Å². The number of rotatable bonds is 2. The molecule has 0 aromatic heterocycles. The number of carbonyl (C=O) groups is 2. The molecule has 1 aliphatic heterocycles. The van der Waals surface area contributed by atoms with Crippen LogP contribution in [0.1, 0.15) is 27.7 Å². The van der Waals surface area contributed by atoms with Crippen LogP contribution in [-0.2, 0) is 14.3 Å². The van der Waals surface area contributed by atoms with Crippen LogP contribution in [0.4, 0.5) is 4.79 Å². The Morgan fingerprint density at radius 3 is 2.37 bits per heavy atom. The maximum atomic E-state index is 12.0. The van der Waals surface area contributed by atoms with Crippen LogP contribution in [0.5, 0.6) is 0 Å². The van der Waals surface area contributed by atoms with Gasteiger partial charge < -0.3 is 14.4 Å². The van der Waals surface area contributed by atoms with Gasteiger partial charge in [0, 0.05) is 13.1 Å². The Kier molecular flexibility index (Phi) is 5.17. The Balaban J connectivity index is 2.69. The SMILES string of the molecule is CCN1CCN(C(=O)OC(C)(C)C)C[C@@H]1C(=O)OC. The molecule has 0 saturated carbocycles. The molecule has 0 spiro atoms. The summed E-state index contributed by atoms with van der Waals surface area (Å²) in [6, 6.07) is -0.406. The number of ether oxygens (including phenoxy) is 2. The zero-order valence-electron chi connectivity index (χ0n) is 12.4. The van der Waals surface area contributed by atoms with Crippen molar-refractivity contribution in [1.82, 2.24) is 9.80 Å². The lowest BCUT2D eigenvalue weighted by Crippen LogP contribution is -2.58. The van der Waals surface area contributed by atoms with Crippen molar-refractivity contribution in [2.45, 2.75) is 39.3 Å². The fraction of sp³-hybridized carbons (Fsp3) is 0.846. The molecule has 0 bridgehead atoms. The van der Waals surface area contributed by atoms with Gasteiger partial charge in [-0.15, -0.1) is 0 Å². The summed E-state index contributed by atoms with van der Waals surface area (Å²) in [5, 5.41) is 0. The van der Waals surface area contributed by atoms with Crippen LogP contribution in [0, 0.1) is 0 Å². The summed E-state index contributed by atoms with van der Waals surface area (Å²) in [7, 11) is 1.36. The predicted octanol–water partition coefficient (Wildman–Crippen LogP) is 1.10. The first-order chi connectivity index (χ1) is 8.78. The Morgan fingerprint density at radius 2 is 1.89 bits per heavy atom. The number of piperazine rings is 1. The molecule has 0 N–H and O–H groups in total. The van der Waals surface area contributed by atoms with Crippen LogP contribution < -0.4 is 0 Å². The van der Waals surface area contributed by atoms with Gasteiger partial charge in [-0.2, -0.15) is 0 Å². The zero-order chi connectivity index (χ0) is 14.6. The number of methoxy groups -OCH3 is 1. The van der Waals surface area contributed by atoms with Crippen molar-refractivity contribution in [3.63, 3.8) is 0 Å². The standard InChI is InChI=1S/C13H24N2O4/c1-6-14-7-8-15(9-10(14)11(16)18-5)12(17)19-13(2,3)4/h10H,6-9H2,1-5H3/t10-/m1/s1. The van der Waals surface area contributed by atoms with Crippen LogP contribution in [0.25, 0.3) is 0 Å². The lowest BCUT2D eigenvalue weighted by molar-refractivity contribution is -0.149.